The minimum absolute atomic E-state index is 0.111. The fourth-order valence-electron chi connectivity index (χ4n) is 9.81. The Morgan fingerprint density at radius 1 is 0.506 bits per heavy atom. The van der Waals surface area contributed by atoms with Gasteiger partial charge in [-0.2, -0.15) is 0 Å². The Morgan fingerprint density at radius 2 is 0.896 bits per heavy atom. The SMILES string of the molecule is CCCCC/C=C\C/C=C\C/C=C\C/C=C\CCCCCCCCCC(=O)OC1C(OCC(NC(=O)C(O)CCCCCCCCCCCCCC)C(O)/C=C/CCCCCCCCCCCCC)OC(CO)C(O)C1O. The summed E-state index contributed by atoms with van der Waals surface area (Å²) in [6, 6.07) is -1.02. The molecule has 1 saturated heterocycles. The van der Waals surface area contributed by atoms with Crippen LogP contribution in [0.2, 0.25) is 0 Å². The number of carbonyl (C=O) groups excluding carboxylic acids is 2. The zero-order valence-corrected chi connectivity index (χ0v) is 49.6. The van der Waals surface area contributed by atoms with E-state index in [1.807, 2.05) is 6.08 Å². The topological polar surface area (TPSA) is 175 Å². The van der Waals surface area contributed by atoms with Gasteiger partial charge in [-0.25, -0.2) is 0 Å². The Labute approximate surface area is 471 Å². The molecule has 448 valence electrons. The van der Waals surface area contributed by atoms with Crippen LogP contribution in [0.4, 0.5) is 0 Å². The molecular weight excluding hydrogens is 967 g/mol. The van der Waals surface area contributed by atoms with Gasteiger partial charge in [0.1, 0.15) is 24.4 Å². The first-order valence-corrected chi connectivity index (χ1v) is 32.1. The van der Waals surface area contributed by atoms with E-state index in [0.29, 0.717) is 19.3 Å². The standard InChI is InChI=1S/C66H119NO10/c1-4-7-10-13-16-19-22-25-26-27-28-29-30-31-32-33-34-36-39-42-45-48-51-54-61(71)77-64-63(73)62(72)60(55-68)76-66(64)75-56-57(58(69)52-49-46-43-40-38-35-23-20-17-14-11-8-5-2)67-65(74)59(70)53-50-47-44-41-37-24-21-18-15-12-9-6-3/h16,19,25-26,28-29,31-32,49,52,57-60,62-64,66,68-70,72-73H,4-15,17-18,20-24,27,30,33-48,50-51,53-56H2,1-3H3,(H,67,74)/b19-16-,26-25-,29-28-,32-31-,52-49+. The number of aliphatic hydroxyl groups is 5. The highest BCUT2D eigenvalue weighted by molar-refractivity contribution is 5.80. The maximum absolute atomic E-state index is 13.4. The van der Waals surface area contributed by atoms with E-state index in [4.69, 9.17) is 14.2 Å². The lowest BCUT2D eigenvalue weighted by atomic mass is 9.99. The lowest BCUT2D eigenvalue weighted by molar-refractivity contribution is -0.305. The number of rotatable bonds is 54. The van der Waals surface area contributed by atoms with Crippen LogP contribution in [0, 0.1) is 0 Å². The second-order valence-electron chi connectivity index (χ2n) is 22.1. The molecule has 77 heavy (non-hydrogen) atoms. The first kappa shape index (κ1) is 72.4. The van der Waals surface area contributed by atoms with Crippen LogP contribution in [-0.2, 0) is 23.8 Å². The van der Waals surface area contributed by atoms with Crippen LogP contribution in [0.3, 0.4) is 0 Å². The summed E-state index contributed by atoms with van der Waals surface area (Å²) in [6.45, 7) is 5.76. The third kappa shape index (κ3) is 42.0. The van der Waals surface area contributed by atoms with Gasteiger partial charge < -0.3 is 45.1 Å². The van der Waals surface area contributed by atoms with Crippen molar-refractivity contribution in [1.29, 1.82) is 0 Å². The van der Waals surface area contributed by atoms with Gasteiger partial charge >= 0.3 is 5.97 Å². The average Bonchev–Trinajstić information content (AvgIpc) is 3.43. The number of aliphatic hydroxyl groups excluding tert-OH is 5. The highest BCUT2D eigenvalue weighted by Crippen LogP contribution is 2.26. The van der Waals surface area contributed by atoms with Crippen LogP contribution >= 0.6 is 0 Å². The number of carbonyl (C=O) groups is 2. The van der Waals surface area contributed by atoms with Crippen LogP contribution in [-0.4, -0.2) is 99.6 Å². The van der Waals surface area contributed by atoms with Crippen molar-refractivity contribution in [2.24, 2.45) is 0 Å². The van der Waals surface area contributed by atoms with Crippen molar-refractivity contribution in [1.82, 2.24) is 5.32 Å². The van der Waals surface area contributed by atoms with Crippen LogP contribution in [0.1, 0.15) is 284 Å². The van der Waals surface area contributed by atoms with Crippen molar-refractivity contribution in [3.63, 3.8) is 0 Å². The normalized spacial score (nSPS) is 19.4. The number of unbranched alkanes of at least 4 members (excludes halogenated alkanes) is 32. The highest BCUT2D eigenvalue weighted by atomic mass is 16.7. The third-order valence-electron chi connectivity index (χ3n) is 14.9. The third-order valence-corrected chi connectivity index (χ3v) is 14.9. The van der Waals surface area contributed by atoms with E-state index in [0.717, 1.165) is 103 Å². The van der Waals surface area contributed by atoms with Crippen LogP contribution in [0.15, 0.2) is 60.8 Å². The lowest BCUT2D eigenvalue weighted by Gasteiger charge is -2.41. The monoisotopic (exact) mass is 1090 g/mol. The molecule has 0 aromatic rings. The molecule has 1 aliphatic rings. The molecular formula is C66H119NO10. The Morgan fingerprint density at radius 3 is 1.36 bits per heavy atom. The summed E-state index contributed by atoms with van der Waals surface area (Å²) < 4.78 is 17.6. The van der Waals surface area contributed by atoms with Crippen LogP contribution in [0.5, 0.6) is 0 Å². The van der Waals surface area contributed by atoms with E-state index < -0.39 is 67.4 Å². The van der Waals surface area contributed by atoms with Crippen LogP contribution in [0.25, 0.3) is 0 Å². The highest BCUT2D eigenvalue weighted by Gasteiger charge is 2.47. The van der Waals surface area contributed by atoms with E-state index >= 15 is 0 Å². The van der Waals surface area contributed by atoms with Crippen molar-refractivity contribution in [3.8, 4) is 0 Å². The Hall–Kier alpha value is -2.64. The molecule has 0 spiro atoms. The molecule has 1 rings (SSSR count). The van der Waals surface area contributed by atoms with E-state index in [1.54, 1.807) is 6.08 Å². The van der Waals surface area contributed by atoms with Gasteiger partial charge in [-0.05, 0) is 70.6 Å². The largest absolute Gasteiger partial charge is 0.454 e. The number of nitrogens with one attached hydrogen (secondary N) is 1. The first-order chi connectivity index (χ1) is 37.7. The molecule has 11 nitrogen and oxygen atoms in total. The molecule has 0 aromatic carbocycles. The molecule has 0 aliphatic carbocycles. The van der Waals surface area contributed by atoms with Crippen molar-refractivity contribution >= 4 is 11.9 Å². The van der Waals surface area contributed by atoms with E-state index in [9.17, 15) is 35.1 Å². The van der Waals surface area contributed by atoms with Crippen molar-refractivity contribution in [2.75, 3.05) is 13.2 Å². The molecule has 1 fully saturated rings. The summed E-state index contributed by atoms with van der Waals surface area (Å²) in [7, 11) is 0. The van der Waals surface area contributed by atoms with Crippen molar-refractivity contribution < 1.29 is 49.3 Å². The molecule has 0 saturated carbocycles. The van der Waals surface area contributed by atoms with Crippen molar-refractivity contribution in [3.05, 3.63) is 60.8 Å². The number of hydrogen-bond donors (Lipinski definition) is 6. The molecule has 0 bridgehead atoms. The number of amides is 1. The summed E-state index contributed by atoms with van der Waals surface area (Å²) in [4.78, 5) is 26.5. The van der Waals surface area contributed by atoms with Crippen molar-refractivity contribution in [2.45, 2.75) is 333 Å². The second kappa shape index (κ2) is 54.0. The molecule has 6 N–H and O–H groups in total. The summed E-state index contributed by atoms with van der Waals surface area (Å²) in [6.07, 6.45) is 56.8. The first-order valence-electron chi connectivity index (χ1n) is 32.1. The number of esters is 1. The minimum atomic E-state index is -1.62. The number of hydrogen-bond acceptors (Lipinski definition) is 10. The van der Waals surface area contributed by atoms with Gasteiger partial charge in [-0.3, -0.25) is 9.59 Å². The molecule has 0 radical (unpaired) electrons. The predicted molar refractivity (Wildman–Crippen MR) is 320 cm³/mol. The molecule has 8 unspecified atom stereocenters. The van der Waals surface area contributed by atoms with Gasteiger partial charge in [-0.1, -0.05) is 268 Å². The summed E-state index contributed by atoms with van der Waals surface area (Å²) >= 11 is 0. The summed E-state index contributed by atoms with van der Waals surface area (Å²) in [5, 5.41) is 57.0. The van der Waals surface area contributed by atoms with Gasteiger partial charge in [0.2, 0.25) is 5.91 Å². The molecule has 1 aliphatic heterocycles. The maximum atomic E-state index is 13.4. The van der Waals surface area contributed by atoms with Gasteiger partial charge in [0, 0.05) is 6.42 Å². The fraction of sp³-hybridized carbons (Fsp3) is 0.818. The molecule has 11 heteroatoms. The van der Waals surface area contributed by atoms with Gasteiger partial charge in [0.05, 0.1) is 25.4 Å². The zero-order chi connectivity index (χ0) is 56.1. The number of allylic oxidation sites excluding steroid dienone is 9. The molecule has 1 heterocycles. The Kier molecular flexibility index (Phi) is 50.7. The minimum Gasteiger partial charge on any atom is -0.454 e. The Bertz CT molecular complexity index is 1480. The molecule has 0 aromatic heterocycles. The maximum Gasteiger partial charge on any atom is 0.306 e. The average molecular weight is 1090 g/mol. The summed E-state index contributed by atoms with van der Waals surface area (Å²) in [5.74, 6) is -1.20. The van der Waals surface area contributed by atoms with E-state index in [-0.39, 0.29) is 13.0 Å². The van der Waals surface area contributed by atoms with E-state index in [2.05, 4.69) is 74.7 Å². The quantitative estimate of drug-likeness (QED) is 0.0195. The van der Waals surface area contributed by atoms with Crippen LogP contribution < -0.4 is 5.32 Å². The second-order valence-corrected chi connectivity index (χ2v) is 22.1. The summed E-state index contributed by atoms with van der Waals surface area (Å²) in [5.41, 5.74) is 0. The van der Waals surface area contributed by atoms with Gasteiger partial charge in [-0.15, -0.1) is 0 Å². The number of ether oxygens (including phenoxy) is 3. The smallest absolute Gasteiger partial charge is 0.306 e. The van der Waals surface area contributed by atoms with Gasteiger partial charge in [0.25, 0.3) is 0 Å². The molecule has 1 amide bonds. The lowest BCUT2D eigenvalue weighted by Crippen LogP contribution is -2.61. The fourth-order valence-corrected chi connectivity index (χ4v) is 9.81. The molecule has 8 atom stereocenters. The zero-order valence-electron chi connectivity index (χ0n) is 49.6. The van der Waals surface area contributed by atoms with E-state index in [1.165, 1.54) is 135 Å². The predicted octanol–water partition coefficient (Wildman–Crippen LogP) is 15.4. The van der Waals surface area contributed by atoms with Gasteiger partial charge in [0.15, 0.2) is 12.4 Å². The Balaban J connectivity index is 2.64.